The van der Waals surface area contributed by atoms with Crippen molar-refractivity contribution in [3.8, 4) is 11.4 Å². The molecule has 0 atom stereocenters. The Bertz CT molecular complexity index is 1260. The van der Waals surface area contributed by atoms with Gasteiger partial charge in [0.25, 0.3) is 5.56 Å². The first-order valence-electron chi connectivity index (χ1n) is 9.29. The predicted octanol–water partition coefficient (Wildman–Crippen LogP) is 4.33. The number of hydrogen-bond donors (Lipinski definition) is 1. The van der Waals surface area contributed by atoms with Gasteiger partial charge in [0.2, 0.25) is 0 Å². The molecule has 0 radical (unpaired) electrons. The fourth-order valence-electron chi connectivity index (χ4n) is 3.20. The third-order valence-corrected chi connectivity index (χ3v) is 4.72. The summed E-state index contributed by atoms with van der Waals surface area (Å²) in [6, 6.07) is 22.0. The molecule has 0 saturated heterocycles. The maximum Gasteiger partial charge on any atom is 0.266 e. The number of para-hydroxylation sites is 1. The van der Waals surface area contributed by atoms with E-state index in [1.165, 1.54) is 4.57 Å². The van der Waals surface area contributed by atoms with Gasteiger partial charge in [-0.2, -0.15) is 0 Å². The molecule has 0 aliphatic carbocycles. The van der Waals surface area contributed by atoms with Crippen molar-refractivity contribution >= 4 is 28.7 Å². The second-order valence-corrected chi connectivity index (χ2v) is 6.97. The fraction of sp³-hybridized carbons (Fsp3) is 0.0833. The number of nitrogens with zero attached hydrogens (tertiary/aromatic N) is 3. The average molecular weight is 383 g/mol. The molecule has 4 rings (SSSR count). The molecule has 4 aromatic rings. The van der Waals surface area contributed by atoms with Gasteiger partial charge >= 0.3 is 0 Å². The zero-order valence-corrected chi connectivity index (χ0v) is 16.3. The van der Waals surface area contributed by atoms with Crippen molar-refractivity contribution in [2.75, 3.05) is 19.0 Å². The van der Waals surface area contributed by atoms with Crippen LogP contribution in [0, 0.1) is 0 Å². The van der Waals surface area contributed by atoms with Crippen LogP contribution in [-0.4, -0.2) is 28.8 Å². The number of anilines is 1. The first-order valence-corrected chi connectivity index (χ1v) is 9.29. The predicted molar refractivity (Wildman–Crippen MR) is 119 cm³/mol. The fourth-order valence-corrected chi connectivity index (χ4v) is 3.20. The summed E-state index contributed by atoms with van der Waals surface area (Å²) >= 11 is 0. The van der Waals surface area contributed by atoms with Gasteiger partial charge in [-0.25, -0.2) is 4.98 Å². The Morgan fingerprint density at radius 2 is 1.69 bits per heavy atom. The quantitative estimate of drug-likeness (QED) is 0.570. The number of fused-ring (bicyclic) bond motifs is 1. The largest absolute Gasteiger partial charge is 0.508 e. The van der Waals surface area contributed by atoms with E-state index in [-0.39, 0.29) is 11.3 Å². The molecule has 144 valence electrons. The third kappa shape index (κ3) is 3.75. The van der Waals surface area contributed by atoms with Crippen LogP contribution < -0.4 is 10.5 Å². The lowest BCUT2D eigenvalue weighted by Gasteiger charge is -2.12. The topological polar surface area (TPSA) is 58.4 Å². The minimum absolute atomic E-state index is 0.0942. The van der Waals surface area contributed by atoms with Gasteiger partial charge in [0.15, 0.2) is 0 Å². The lowest BCUT2D eigenvalue weighted by atomic mass is 10.1. The van der Waals surface area contributed by atoms with E-state index in [2.05, 4.69) is 4.98 Å². The number of benzene rings is 3. The zero-order chi connectivity index (χ0) is 20.4. The van der Waals surface area contributed by atoms with E-state index in [0.717, 1.165) is 11.3 Å². The summed E-state index contributed by atoms with van der Waals surface area (Å²) in [6.07, 6.45) is 3.75. The summed E-state index contributed by atoms with van der Waals surface area (Å²) in [6.45, 7) is 0. The molecule has 0 bridgehead atoms. The average Bonchev–Trinajstić information content (AvgIpc) is 2.72. The molecule has 0 spiro atoms. The summed E-state index contributed by atoms with van der Waals surface area (Å²) < 4.78 is 1.52. The molecule has 0 unspecified atom stereocenters. The van der Waals surface area contributed by atoms with Crippen LogP contribution in [0.4, 0.5) is 5.69 Å². The summed E-state index contributed by atoms with van der Waals surface area (Å²) in [7, 11) is 4.00. The molecule has 29 heavy (non-hydrogen) atoms. The summed E-state index contributed by atoms with van der Waals surface area (Å²) in [5.41, 5.74) is 3.14. The highest BCUT2D eigenvalue weighted by molar-refractivity contribution is 5.80. The van der Waals surface area contributed by atoms with Crippen molar-refractivity contribution in [1.82, 2.24) is 9.55 Å². The van der Waals surface area contributed by atoms with Crippen molar-refractivity contribution < 1.29 is 5.11 Å². The van der Waals surface area contributed by atoms with Gasteiger partial charge in [-0.3, -0.25) is 9.36 Å². The Balaban J connectivity index is 1.86. The number of hydrogen-bond acceptors (Lipinski definition) is 4. The first kappa shape index (κ1) is 18.5. The van der Waals surface area contributed by atoms with Gasteiger partial charge in [-0.15, -0.1) is 0 Å². The number of phenolic OH excluding ortho intramolecular Hbond substituents is 1. The molecule has 0 amide bonds. The van der Waals surface area contributed by atoms with Crippen molar-refractivity contribution in [2.45, 2.75) is 0 Å². The molecular weight excluding hydrogens is 362 g/mol. The van der Waals surface area contributed by atoms with Gasteiger partial charge in [0.1, 0.15) is 11.6 Å². The second kappa shape index (κ2) is 7.64. The summed E-state index contributed by atoms with van der Waals surface area (Å²) in [4.78, 5) is 19.9. The Hall–Kier alpha value is -3.86. The van der Waals surface area contributed by atoms with Gasteiger partial charge in [0.05, 0.1) is 16.6 Å². The maximum absolute atomic E-state index is 13.2. The van der Waals surface area contributed by atoms with Crippen LogP contribution in [0.2, 0.25) is 0 Å². The smallest absolute Gasteiger partial charge is 0.266 e. The van der Waals surface area contributed by atoms with Crippen LogP contribution in [0.25, 0.3) is 28.7 Å². The lowest BCUT2D eigenvalue weighted by molar-refractivity contribution is 0.475. The number of aromatic nitrogens is 2. The van der Waals surface area contributed by atoms with Crippen LogP contribution in [0.1, 0.15) is 11.4 Å². The third-order valence-electron chi connectivity index (χ3n) is 4.72. The van der Waals surface area contributed by atoms with E-state index < -0.39 is 0 Å². The van der Waals surface area contributed by atoms with Crippen LogP contribution >= 0.6 is 0 Å². The Morgan fingerprint density at radius 1 is 0.931 bits per heavy atom. The number of phenols is 1. The van der Waals surface area contributed by atoms with E-state index in [1.54, 1.807) is 30.3 Å². The Kier molecular flexibility index (Phi) is 4.87. The molecule has 3 aromatic carbocycles. The Morgan fingerprint density at radius 3 is 2.41 bits per heavy atom. The molecule has 0 aliphatic heterocycles. The highest BCUT2D eigenvalue weighted by atomic mass is 16.3. The van der Waals surface area contributed by atoms with Gasteiger partial charge < -0.3 is 10.0 Å². The van der Waals surface area contributed by atoms with Crippen molar-refractivity contribution in [3.05, 3.63) is 94.5 Å². The number of rotatable bonds is 4. The Labute approximate surface area is 168 Å². The van der Waals surface area contributed by atoms with Crippen molar-refractivity contribution in [3.63, 3.8) is 0 Å². The first-order chi connectivity index (χ1) is 14.0. The minimum Gasteiger partial charge on any atom is -0.508 e. The minimum atomic E-state index is -0.177. The molecule has 1 heterocycles. The van der Waals surface area contributed by atoms with Crippen molar-refractivity contribution in [1.29, 1.82) is 0 Å². The van der Waals surface area contributed by atoms with Crippen LogP contribution in [0.3, 0.4) is 0 Å². The van der Waals surface area contributed by atoms with E-state index >= 15 is 0 Å². The van der Waals surface area contributed by atoms with Crippen LogP contribution in [0.5, 0.6) is 5.75 Å². The molecule has 0 fully saturated rings. The lowest BCUT2D eigenvalue weighted by Crippen LogP contribution is -2.22. The zero-order valence-electron chi connectivity index (χ0n) is 16.3. The van der Waals surface area contributed by atoms with E-state index in [9.17, 15) is 9.90 Å². The number of aromatic hydroxyl groups is 1. The second-order valence-electron chi connectivity index (χ2n) is 6.97. The molecule has 1 N–H and O–H groups in total. The molecule has 5 nitrogen and oxygen atoms in total. The van der Waals surface area contributed by atoms with Crippen LogP contribution in [0.15, 0.2) is 77.6 Å². The van der Waals surface area contributed by atoms with E-state index in [4.69, 9.17) is 0 Å². The summed E-state index contributed by atoms with van der Waals surface area (Å²) in [5.74, 6) is 0.591. The molecule has 0 saturated carbocycles. The van der Waals surface area contributed by atoms with E-state index in [1.807, 2.05) is 73.6 Å². The highest BCUT2D eigenvalue weighted by Crippen LogP contribution is 2.19. The SMILES string of the molecule is CN(C)c1ccc(C=Cc2nc3ccccc3c(=O)n2-c2cccc(O)c2)cc1. The van der Waals surface area contributed by atoms with Gasteiger partial charge in [-0.1, -0.05) is 36.4 Å². The maximum atomic E-state index is 13.2. The van der Waals surface area contributed by atoms with Gasteiger partial charge in [0, 0.05) is 25.8 Å². The highest BCUT2D eigenvalue weighted by Gasteiger charge is 2.11. The van der Waals surface area contributed by atoms with Gasteiger partial charge in [-0.05, 0) is 48.0 Å². The molecule has 0 aliphatic rings. The van der Waals surface area contributed by atoms with Crippen LogP contribution in [-0.2, 0) is 0 Å². The molecule has 1 aromatic heterocycles. The monoisotopic (exact) mass is 383 g/mol. The molecular formula is C24H21N3O2. The standard InChI is InChI=1S/C24H21N3O2/c1-26(2)18-13-10-17(11-14-18)12-15-23-25-22-9-4-3-8-21(22)24(29)27(23)19-6-5-7-20(28)16-19/h3-16,28H,1-2H3. The normalized spacial score (nSPS) is 11.2. The summed E-state index contributed by atoms with van der Waals surface area (Å²) in [5, 5.41) is 10.4. The molecule has 5 heteroatoms. The van der Waals surface area contributed by atoms with E-state index in [0.29, 0.717) is 22.4 Å². The van der Waals surface area contributed by atoms with Crippen molar-refractivity contribution in [2.24, 2.45) is 0 Å².